The predicted molar refractivity (Wildman–Crippen MR) is 134 cm³/mol. The summed E-state index contributed by atoms with van der Waals surface area (Å²) in [4.78, 5) is 14.5. The number of methoxy groups -OCH3 is 2. The molecule has 2 atom stereocenters. The summed E-state index contributed by atoms with van der Waals surface area (Å²) in [5.41, 5.74) is 1.05. The molecule has 0 spiro atoms. The van der Waals surface area contributed by atoms with Gasteiger partial charge < -0.3 is 9.47 Å². The van der Waals surface area contributed by atoms with Gasteiger partial charge in [-0.15, -0.1) is 0 Å². The molecule has 2 rings (SSSR count). The number of hydrogen-bond donors (Lipinski definition) is 0. The van der Waals surface area contributed by atoms with Crippen LogP contribution in [0.25, 0.3) is 0 Å². The second-order valence-electron chi connectivity index (χ2n) is 9.36. The van der Waals surface area contributed by atoms with Gasteiger partial charge in [-0.3, -0.25) is 4.79 Å². The minimum atomic E-state index is -0.553. The molecule has 0 aliphatic heterocycles. The molecule has 0 radical (unpaired) electrons. The van der Waals surface area contributed by atoms with Crippen LogP contribution in [0.15, 0.2) is 48.5 Å². The monoisotopic (exact) mass is 438 g/mol. The first-order valence-corrected chi connectivity index (χ1v) is 12.2. The van der Waals surface area contributed by atoms with Gasteiger partial charge in [-0.25, -0.2) is 0 Å². The fourth-order valence-corrected chi connectivity index (χ4v) is 4.76. The lowest BCUT2D eigenvalue weighted by Gasteiger charge is -2.39. The Hall–Kier alpha value is -2.29. The number of benzene rings is 2. The van der Waals surface area contributed by atoms with Crippen molar-refractivity contribution >= 4 is 5.78 Å². The van der Waals surface area contributed by atoms with Crippen molar-refractivity contribution in [3.63, 3.8) is 0 Å². The minimum Gasteiger partial charge on any atom is -0.497 e. The van der Waals surface area contributed by atoms with Crippen molar-refractivity contribution in [2.24, 2.45) is 0 Å². The van der Waals surface area contributed by atoms with E-state index in [2.05, 4.69) is 52.0 Å². The average Bonchev–Trinajstić information content (AvgIpc) is 2.83. The molecular formula is C29H42O3. The summed E-state index contributed by atoms with van der Waals surface area (Å²) < 4.78 is 10.7. The van der Waals surface area contributed by atoms with E-state index in [4.69, 9.17) is 9.47 Å². The number of carbonyl (C=O) groups excluding carboxylic acids is 1. The molecule has 0 aliphatic rings. The zero-order chi connectivity index (χ0) is 23.6. The molecule has 2 aromatic rings. The number of ketones is 1. The molecule has 0 fully saturated rings. The van der Waals surface area contributed by atoms with Gasteiger partial charge in [-0.1, -0.05) is 76.6 Å². The SMILES string of the molecule is CCCCCC(C)(C(=O)C(C)(CCCCC)c1ccc(OC)cc1)c1ccc(OC)cc1. The fraction of sp³-hybridized carbons (Fsp3) is 0.552. The highest BCUT2D eigenvalue weighted by molar-refractivity contribution is 5.98. The van der Waals surface area contributed by atoms with Crippen molar-refractivity contribution in [2.75, 3.05) is 14.2 Å². The number of ether oxygens (including phenoxy) is 2. The molecule has 0 saturated heterocycles. The second kappa shape index (κ2) is 12.1. The van der Waals surface area contributed by atoms with E-state index in [9.17, 15) is 4.79 Å². The van der Waals surface area contributed by atoms with Gasteiger partial charge in [0.2, 0.25) is 0 Å². The van der Waals surface area contributed by atoms with Crippen LogP contribution in [0.4, 0.5) is 0 Å². The van der Waals surface area contributed by atoms with Gasteiger partial charge in [0.05, 0.1) is 25.0 Å². The highest BCUT2D eigenvalue weighted by atomic mass is 16.5. The van der Waals surface area contributed by atoms with Gasteiger partial charge in [0.1, 0.15) is 11.5 Å². The summed E-state index contributed by atoms with van der Waals surface area (Å²) in [6.07, 6.45) is 8.33. The lowest BCUT2D eigenvalue weighted by Crippen LogP contribution is -2.46. The van der Waals surface area contributed by atoms with Crippen LogP contribution >= 0.6 is 0 Å². The van der Waals surface area contributed by atoms with Crippen LogP contribution in [0.5, 0.6) is 11.5 Å². The van der Waals surface area contributed by atoms with E-state index in [0.29, 0.717) is 5.78 Å². The van der Waals surface area contributed by atoms with E-state index < -0.39 is 10.8 Å². The van der Waals surface area contributed by atoms with Gasteiger partial charge in [-0.2, -0.15) is 0 Å². The van der Waals surface area contributed by atoms with Gasteiger partial charge in [0.15, 0.2) is 5.78 Å². The molecule has 0 heterocycles. The zero-order valence-corrected chi connectivity index (χ0v) is 21.0. The largest absolute Gasteiger partial charge is 0.497 e. The first-order valence-electron chi connectivity index (χ1n) is 12.2. The Bertz CT molecular complexity index is 755. The molecule has 3 nitrogen and oxygen atoms in total. The molecule has 0 amide bonds. The Labute approximate surface area is 195 Å². The summed E-state index contributed by atoms with van der Waals surface area (Å²) in [5.74, 6) is 1.95. The molecule has 0 N–H and O–H groups in total. The Balaban J connectivity index is 2.52. The Morgan fingerprint density at radius 2 is 1.00 bits per heavy atom. The molecule has 0 bridgehead atoms. The van der Waals surface area contributed by atoms with E-state index in [0.717, 1.165) is 74.0 Å². The molecule has 3 heteroatoms. The van der Waals surface area contributed by atoms with Crippen LogP contribution in [0, 0.1) is 0 Å². The highest BCUT2D eigenvalue weighted by Gasteiger charge is 2.46. The third kappa shape index (κ3) is 5.94. The van der Waals surface area contributed by atoms with Crippen LogP contribution in [0.2, 0.25) is 0 Å². The van der Waals surface area contributed by atoms with E-state index >= 15 is 0 Å². The molecule has 176 valence electrons. The Kier molecular flexibility index (Phi) is 9.81. The lowest BCUT2D eigenvalue weighted by molar-refractivity contribution is -0.130. The van der Waals surface area contributed by atoms with Gasteiger partial charge in [0, 0.05) is 0 Å². The van der Waals surface area contributed by atoms with Gasteiger partial charge in [0.25, 0.3) is 0 Å². The van der Waals surface area contributed by atoms with Crippen molar-refractivity contribution in [1.29, 1.82) is 0 Å². The van der Waals surface area contributed by atoms with Crippen LogP contribution < -0.4 is 9.47 Å². The molecule has 0 aliphatic carbocycles. The van der Waals surface area contributed by atoms with Crippen molar-refractivity contribution in [2.45, 2.75) is 89.9 Å². The second-order valence-corrected chi connectivity index (χ2v) is 9.36. The summed E-state index contributed by atoms with van der Waals surface area (Å²) >= 11 is 0. The van der Waals surface area contributed by atoms with E-state index in [1.165, 1.54) is 0 Å². The Morgan fingerprint density at radius 1 is 0.656 bits per heavy atom. The first-order chi connectivity index (χ1) is 15.4. The first kappa shape index (κ1) is 26.0. The standard InChI is InChI=1S/C29H42O3/c1-7-9-11-21-28(3,23-13-17-25(31-5)18-14-23)27(30)29(4,22-12-10-8-2)24-15-19-26(32-6)20-16-24/h13-20H,7-12,21-22H2,1-6H3. The predicted octanol–water partition coefficient (Wildman–Crippen LogP) is 7.65. The van der Waals surface area contributed by atoms with Gasteiger partial charge in [-0.05, 0) is 62.1 Å². The highest BCUT2D eigenvalue weighted by Crippen LogP contribution is 2.42. The molecular weight excluding hydrogens is 396 g/mol. The van der Waals surface area contributed by atoms with Crippen LogP contribution in [-0.2, 0) is 15.6 Å². The molecule has 2 unspecified atom stereocenters. The van der Waals surface area contributed by atoms with Crippen molar-refractivity contribution in [3.05, 3.63) is 59.7 Å². The Morgan fingerprint density at radius 3 is 1.28 bits per heavy atom. The van der Waals surface area contributed by atoms with Gasteiger partial charge >= 0.3 is 0 Å². The molecule has 2 aromatic carbocycles. The van der Waals surface area contributed by atoms with Crippen molar-refractivity contribution in [3.8, 4) is 11.5 Å². The van der Waals surface area contributed by atoms with E-state index in [1.807, 2.05) is 24.3 Å². The average molecular weight is 439 g/mol. The minimum absolute atomic E-state index is 0.313. The van der Waals surface area contributed by atoms with Crippen LogP contribution in [0.3, 0.4) is 0 Å². The van der Waals surface area contributed by atoms with Crippen molar-refractivity contribution in [1.82, 2.24) is 0 Å². The quantitative estimate of drug-likeness (QED) is 0.284. The summed E-state index contributed by atoms with van der Waals surface area (Å²) in [5, 5.41) is 0. The zero-order valence-electron chi connectivity index (χ0n) is 21.0. The third-order valence-electron chi connectivity index (χ3n) is 7.02. The summed E-state index contributed by atoms with van der Waals surface area (Å²) in [6.45, 7) is 8.71. The molecule has 0 aromatic heterocycles. The number of rotatable bonds is 14. The molecule has 32 heavy (non-hydrogen) atoms. The maximum atomic E-state index is 14.5. The number of Topliss-reactive ketones (excluding diaryl/α,β-unsaturated/α-hetero) is 1. The number of hydrogen-bond acceptors (Lipinski definition) is 3. The number of unbranched alkanes of at least 4 members (excludes halogenated alkanes) is 4. The van der Waals surface area contributed by atoms with E-state index in [-0.39, 0.29) is 0 Å². The third-order valence-corrected chi connectivity index (χ3v) is 7.02. The molecule has 0 saturated carbocycles. The van der Waals surface area contributed by atoms with Crippen LogP contribution in [0.1, 0.15) is 90.2 Å². The maximum Gasteiger partial charge on any atom is 0.153 e. The summed E-state index contributed by atoms with van der Waals surface area (Å²) in [7, 11) is 3.35. The fourth-order valence-electron chi connectivity index (χ4n) is 4.76. The maximum absolute atomic E-state index is 14.5. The smallest absolute Gasteiger partial charge is 0.153 e. The topological polar surface area (TPSA) is 35.5 Å². The number of carbonyl (C=O) groups is 1. The summed E-state index contributed by atoms with van der Waals surface area (Å²) in [6, 6.07) is 16.2. The lowest BCUT2D eigenvalue weighted by atomic mass is 9.62. The van der Waals surface area contributed by atoms with Crippen molar-refractivity contribution < 1.29 is 14.3 Å². The van der Waals surface area contributed by atoms with E-state index in [1.54, 1.807) is 14.2 Å². The van der Waals surface area contributed by atoms with Crippen LogP contribution in [-0.4, -0.2) is 20.0 Å². The normalized spacial score (nSPS) is 14.9.